The molecule has 0 spiro atoms. The van der Waals surface area contributed by atoms with Crippen molar-refractivity contribution in [3.63, 3.8) is 0 Å². The van der Waals surface area contributed by atoms with Crippen molar-refractivity contribution >= 4 is 28.6 Å². The lowest BCUT2D eigenvalue weighted by molar-refractivity contribution is -0.136. The Morgan fingerprint density at radius 2 is 2.05 bits per heavy atom. The first-order valence-corrected chi connectivity index (χ1v) is 5.80. The molecule has 0 atom stereocenters. The molecule has 1 aliphatic rings. The number of fused-ring (bicyclic) bond motifs is 1. The number of benzene rings is 1. The Balaban J connectivity index is 1.81. The molecule has 0 bridgehead atoms. The van der Waals surface area contributed by atoms with E-state index in [-0.39, 0.29) is 24.9 Å². The van der Waals surface area contributed by atoms with Crippen LogP contribution in [0.4, 0.5) is 5.69 Å². The van der Waals surface area contributed by atoms with Crippen molar-refractivity contribution in [2.24, 2.45) is 0 Å². The average Bonchev–Trinajstić information content (AvgIpc) is 2.68. The molecule has 7 heteroatoms. The van der Waals surface area contributed by atoms with Gasteiger partial charge in [-0.1, -0.05) is 0 Å². The molecule has 2 heterocycles. The van der Waals surface area contributed by atoms with Crippen molar-refractivity contribution in [2.45, 2.75) is 6.54 Å². The summed E-state index contributed by atoms with van der Waals surface area (Å²) in [4.78, 5) is 28.5. The maximum atomic E-state index is 11.2. The highest BCUT2D eigenvalue weighted by molar-refractivity contribution is 5.99. The van der Waals surface area contributed by atoms with Crippen LogP contribution in [0.2, 0.25) is 0 Å². The number of oxazole rings is 1. The summed E-state index contributed by atoms with van der Waals surface area (Å²) in [5.74, 6) is -0.156. The Kier molecular flexibility index (Phi) is 2.68. The normalized spacial score (nSPS) is 16.8. The summed E-state index contributed by atoms with van der Waals surface area (Å²) in [6, 6.07) is 5.21. The molecule has 2 amide bonds. The van der Waals surface area contributed by atoms with Gasteiger partial charge in [-0.05, 0) is 12.1 Å². The maximum Gasteiger partial charge on any atom is 0.240 e. The molecular weight excluding hydrogens is 248 g/mol. The lowest BCUT2D eigenvalue weighted by Crippen LogP contribution is -2.50. The largest absolute Gasteiger partial charge is 0.439 e. The number of aromatic nitrogens is 1. The zero-order valence-corrected chi connectivity index (χ0v) is 10.0. The van der Waals surface area contributed by atoms with Crippen LogP contribution in [0.25, 0.3) is 11.1 Å². The van der Waals surface area contributed by atoms with Crippen LogP contribution in [0.3, 0.4) is 0 Å². The van der Waals surface area contributed by atoms with Crippen molar-refractivity contribution in [3.8, 4) is 0 Å². The lowest BCUT2D eigenvalue weighted by Gasteiger charge is -2.23. The number of amides is 2. The van der Waals surface area contributed by atoms with Gasteiger partial charge >= 0.3 is 0 Å². The second-order valence-corrected chi connectivity index (χ2v) is 4.45. The van der Waals surface area contributed by atoms with E-state index in [1.54, 1.807) is 23.1 Å². The predicted octanol–water partition coefficient (Wildman–Crippen LogP) is -0.132. The fraction of sp³-hybridized carbons (Fsp3) is 0.250. The van der Waals surface area contributed by atoms with Gasteiger partial charge in [0.25, 0.3) is 0 Å². The second-order valence-electron chi connectivity index (χ2n) is 4.45. The standard InChI is InChI=1S/C12H12N4O3/c13-7-1-2-8-9(3-7)19-12(14-8)6-16-4-10(17)15-11(18)5-16/h1-3H,4-6,13H2,(H,15,17,18). The number of imide groups is 1. The van der Waals surface area contributed by atoms with E-state index in [1.165, 1.54) is 0 Å². The number of hydrogen-bond acceptors (Lipinski definition) is 6. The molecule has 19 heavy (non-hydrogen) atoms. The molecule has 3 N–H and O–H groups in total. The number of piperazine rings is 1. The number of anilines is 1. The number of carbonyl (C=O) groups excluding carboxylic acids is 2. The van der Waals surface area contributed by atoms with Crippen molar-refractivity contribution < 1.29 is 14.0 Å². The van der Waals surface area contributed by atoms with E-state index in [9.17, 15) is 9.59 Å². The zero-order chi connectivity index (χ0) is 13.4. The first-order valence-electron chi connectivity index (χ1n) is 5.80. The fourth-order valence-corrected chi connectivity index (χ4v) is 2.06. The minimum Gasteiger partial charge on any atom is -0.439 e. The monoisotopic (exact) mass is 260 g/mol. The molecule has 0 saturated carbocycles. The van der Waals surface area contributed by atoms with E-state index in [0.29, 0.717) is 29.2 Å². The van der Waals surface area contributed by atoms with E-state index in [0.717, 1.165) is 0 Å². The van der Waals surface area contributed by atoms with Crippen LogP contribution < -0.4 is 11.1 Å². The zero-order valence-electron chi connectivity index (χ0n) is 10.0. The topological polar surface area (TPSA) is 101 Å². The third kappa shape index (κ3) is 2.41. The number of nitrogens with one attached hydrogen (secondary N) is 1. The Labute approximate surface area is 108 Å². The van der Waals surface area contributed by atoms with Gasteiger partial charge in [0, 0.05) is 11.8 Å². The summed E-state index contributed by atoms with van der Waals surface area (Å²) >= 11 is 0. The van der Waals surface area contributed by atoms with Gasteiger partial charge in [0.15, 0.2) is 5.58 Å². The van der Waals surface area contributed by atoms with Gasteiger partial charge in [-0.2, -0.15) is 0 Å². The molecule has 7 nitrogen and oxygen atoms in total. The number of rotatable bonds is 2. The van der Waals surface area contributed by atoms with Crippen LogP contribution in [-0.2, 0) is 16.1 Å². The molecule has 1 aromatic carbocycles. The minimum absolute atomic E-state index is 0.159. The maximum absolute atomic E-state index is 11.2. The Morgan fingerprint density at radius 3 is 2.79 bits per heavy atom. The summed E-state index contributed by atoms with van der Waals surface area (Å²) in [5.41, 5.74) is 7.56. The van der Waals surface area contributed by atoms with E-state index in [2.05, 4.69) is 10.3 Å². The van der Waals surface area contributed by atoms with Crippen molar-refractivity contribution in [2.75, 3.05) is 18.8 Å². The highest BCUT2D eigenvalue weighted by atomic mass is 16.3. The summed E-state index contributed by atoms with van der Waals surface area (Å²) in [6.07, 6.45) is 0. The second kappa shape index (κ2) is 4.36. The van der Waals surface area contributed by atoms with Gasteiger partial charge in [0.1, 0.15) is 5.52 Å². The quantitative estimate of drug-likeness (QED) is 0.576. The van der Waals surface area contributed by atoms with Crippen LogP contribution in [0.15, 0.2) is 22.6 Å². The number of nitrogens with two attached hydrogens (primary N) is 1. The Hall–Kier alpha value is -2.41. The smallest absolute Gasteiger partial charge is 0.240 e. The summed E-state index contributed by atoms with van der Waals surface area (Å²) in [5, 5.41) is 2.24. The average molecular weight is 260 g/mol. The highest BCUT2D eigenvalue weighted by Gasteiger charge is 2.23. The molecular formula is C12H12N4O3. The van der Waals surface area contributed by atoms with Gasteiger partial charge in [0.05, 0.1) is 19.6 Å². The van der Waals surface area contributed by atoms with E-state index >= 15 is 0 Å². The number of nitrogen functional groups attached to an aromatic ring is 1. The molecule has 98 valence electrons. The molecule has 3 rings (SSSR count). The van der Waals surface area contributed by atoms with E-state index in [4.69, 9.17) is 10.2 Å². The molecule has 1 aromatic heterocycles. The van der Waals surface area contributed by atoms with Crippen LogP contribution >= 0.6 is 0 Å². The molecule has 0 unspecified atom stereocenters. The van der Waals surface area contributed by atoms with Crippen LogP contribution in [-0.4, -0.2) is 34.8 Å². The first kappa shape index (κ1) is 11.7. The summed E-state index contributed by atoms with van der Waals surface area (Å²) < 4.78 is 5.55. The Bertz CT molecular complexity index is 648. The number of nitrogens with zero attached hydrogens (tertiary/aromatic N) is 2. The first-order chi connectivity index (χ1) is 9.10. The molecule has 1 saturated heterocycles. The van der Waals surface area contributed by atoms with Gasteiger partial charge in [-0.3, -0.25) is 19.8 Å². The molecule has 0 aliphatic carbocycles. The van der Waals surface area contributed by atoms with Crippen molar-refractivity contribution in [1.29, 1.82) is 0 Å². The molecule has 0 radical (unpaired) electrons. The molecule has 1 fully saturated rings. The molecule has 2 aromatic rings. The SMILES string of the molecule is Nc1ccc2nc(CN3CC(=O)NC(=O)C3)oc2c1. The third-order valence-corrected chi connectivity index (χ3v) is 2.83. The summed E-state index contributed by atoms with van der Waals surface area (Å²) in [6.45, 7) is 0.632. The fourth-order valence-electron chi connectivity index (χ4n) is 2.06. The Morgan fingerprint density at radius 1 is 1.32 bits per heavy atom. The number of carbonyl (C=O) groups is 2. The highest BCUT2D eigenvalue weighted by Crippen LogP contribution is 2.19. The van der Waals surface area contributed by atoms with Gasteiger partial charge in [-0.15, -0.1) is 0 Å². The summed E-state index contributed by atoms with van der Waals surface area (Å²) in [7, 11) is 0. The lowest BCUT2D eigenvalue weighted by atomic mass is 10.3. The van der Waals surface area contributed by atoms with E-state index in [1.807, 2.05) is 0 Å². The van der Waals surface area contributed by atoms with Crippen LogP contribution in [0.5, 0.6) is 0 Å². The number of hydrogen-bond donors (Lipinski definition) is 2. The van der Waals surface area contributed by atoms with Crippen LogP contribution in [0.1, 0.15) is 5.89 Å². The van der Waals surface area contributed by atoms with Gasteiger partial charge < -0.3 is 10.2 Å². The van der Waals surface area contributed by atoms with Crippen LogP contribution in [0, 0.1) is 0 Å². The van der Waals surface area contributed by atoms with Crippen molar-refractivity contribution in [3.05, 3.63) is 24.1 Å². The minimum atomic E-state index is -0.309. The molecule has 1 aliphatic heterocycles. The van der Waals surface area contributed by atoms with Gasteiger partial charge in [0.2, 0.25) is 17.7 Å². The van der Waals surface area contributed by atoms with E-state index < -0.39 is 0 Å². The third-order valence-electron chi connectivity index (χ3n) is 2.83. The predicted molar refractivity (Wildman–Crippen MR) is 66.8 cm³/mol. The van der Waals surface area contributed by atoms with Gasteiger partial charge in [-0.25, -0.2) is 4.98 Å². The van der Waals surface area contributed by atoms with Crippen molar-refractivity contribution in [1.82, 2.24) is 15.2 Å².